The Bertz CT molecular complexity index is 230. The van der Waals surface area contributed by atoms with Crippen LogP contribution in [0.3, 0.4) is 0 Å². The molecule has 1 aliphatic heterocycles. The molecule has 0 spiro atoms. The van der Waals surface area contributed by atoms with E-state index in [1.165, 1.54) is 38.8 Å². The van der Waals surface area contributed by atoms with Gasteiger partial charge in [-0.15, -0.1) is 0 Å². The van der Waals surface area contributed by atoms with Crippen molar-refractivity contribution in [3.05, 3.63) is 0 Å². The minimum Gasteiger partial charge on any atom is -0.317 e. The molecule has 1 saturated heterocycles. The lowest BCUT2D eigenvalue weighted by atomic mass is 9.61. The summed E-state index contributed by atoms with van der Waals surface area (Å²) in [5, 5.41) is 3.54. The highest BCUT2D eigenvalue weighted by Crippen LogP contribution is 2.54. The van der Waals surface area contributed by atoms with E-state index in [0.29, 0.717) is 5.41 Å². The van der Waals surface area contributed by atoms with Gasteiger partial charge in [0.05, 0.1) is 0 Å². The molecule has 2 rings (SSSR count). The lowest BCUT2D eigenvalue weighted by molar-refractivity contribution is 0.0464. The summed E-state index contributed by atoms with van der Waals surface area (Å²) in [6.45, 7) is 12.4. The Labute approximate surface area is 101 Å². The second-order valence-corrected chi connectivity index (χ2v) is 6.54. The molecular formula is C15H29N. The van der Waals surface area contributed by atoms with E-state index in [0.717, 1.165) is 23.7 Å². The zero-order valence-electron chi connectivity index (χ0n) is 11.6. The van der Waals surface area contributed by atoms with Crippen molar-refractivity contribution in [2.75, 3.05) is 13.1 Å². The molecule has 1 nitrogen and oxygen atoms in total. The van der Waals surface area contributed by atoms with Gasteiger partial charge in [0.25, 0.3) is 0 Å². The fraction of sp³-hybridized carbons (Fsp3) is 1.00. The highest BCUT2D eigenvalue weighted by molar-refractivity contribution is 4.98. The molecule has 4 unspecified atom stereocenters. The number of hydrogen-bond donors (Lipinski definition) is 1. The molecule has 4 atom stereocenters. The fourth-order valence-corrected chi connectivity index (χ4v) is 4.83. The Morgan fingerprint density at radius 1 is 1.06 bits per heavy atom. The quantitative estimate of drug-likeness (QED) is 0.753. The maximum Gasteiger partial charge on any atom is -0.00435 e. The molecular weight excluding hydrogens is 194 g/mol. The fourth-order valence-electron chi connectivity index (χ4n) is 4.83. The molecule has 1 N–H and O–H groups in total. The predicted octanol–water partition coefficient (Wildman–Crippen LogP) is 3.69. The average molecular weight is 223 g/mol. The van der Waals surface area contributed by atoms with E-state index < -0.39 is 0 Å². The van der Waals surface area contributed by atoms with Crippen LogP contribution in [0.25, 0.3) is 0 Å². The summed E-state index contributed by atoms with van der Waals surface area (Å²) in [5.74, 6) is 3.81. The Hall–Kier alpha value is -0.0400. The van der Waals surface area contributed by atoms with Crippen molar-refractivity contribution < 1.29 is 0 Å². The van der Waals surface area contributed by atoms with Crippen LogP contribution in [-0.4, -0.2) is 13.1 Å². The van der Waals surface area contributed by atoms with Gasteiger partial charge in [0.1, 0.15) is 0 Å². The summed E-state index contributed by atoms with van der Waals surface area (Å²) in [5.41, 5.74) is 0.662. The first-order chi connectivity index (χ1) is 7.60. The van der Waals surface area contributed by atoms with Crippen molar-refractivity contribution in [1.29, 1.82) is 0 Å². The SMILES string of the molecule is CCC1(C2C(C)CC(C)C2C)CCNCC1. The third kappa shape index (κ3) is 1.92. The topological polar surface area (TPSA) is 12.0 Å². The lowest BCUT2D eigenvalue weighted by Crippen LogP contribution is -2.44. The Kier molecular flexibility index (Phi) is 3.63. The first kappa shape index (κ1) is 12.4. The van der Waals surface area contributed by atoms with E-state index in [2.05, 4.69) is 33.0 Å². The van der Waals surface area contributed by atoms with E-state index in [-0.39, 0.29) is 0 Å². The van der Waals surface area contributed by atoms with Crippen LogP contribution >= 0.6 is 0 Å². The van der Waals surface area contributed by atoms with Gasteiger partial charge < -0.3 is 5.32 Å². The summed E-state index contributed by atoms with van der Waals surface area (Å²) in [6, 6.07) is 0. The average Bonchev–Trinajstić information content (AvgIpc) is 2.54. The Morgan fingerprint density at radius 2 is 1.69 bits per heavy atom. The summed E-state index contributed by atoms with van der Waals surface area (Å²) in [6.07, 6.45) is 5.67. The van der Waals surface area contributed by atoms with Crippen LogP contribution < -0.4 is 5.32 Å². The molecule has 2 fully saturated rings. The Balaban J connectivity index is 2.19. The monoisotopic (exact) mass is 223 g/mol. The molecule has 94 valence electrons. The van der Waals surface area contributed by atoms with Crippen molar-refractivity contribution in [1.82, 2.24) is 5.32 Å². The molecule has 1 saturated carbocycles. The predicted molar refractivity (Wildman–Crippen MR) is 70.4 cm³/mol. The van der Waals surface area contributed by atoms with Gasteiger partial charge in [0.2, 0.25) is 0 Å². The van der Waals surface area contributed by atoms with Crippen LogP contribution in [0.1, 0.15) is 53.4 Å². The molecule has 0 aromatic carbocycles. The third-order valence-corrected chi connectivity index (χ3v) is 5.83. The minimum absolute atomic E-state index is 0.662. The number of rotatable bonds is 2. The standard InChI is InChI=1S/C15H29N/c1-5-15(6-8-16-9-7-15)14-12(3)10-11(2)13(14)4/h11-14,16H,5-10H2,1-4H3. The molecule has 1 heteroatoms. The number of nitrogens with one attached hydrogen (secondary N) is 1. The van der Waals surface area contributed by atoms with Gasteiger partial charge in [-0.1, -0.05) is 34.1 Å². The van der Waals surface area contributed by atoms with Gasteiger partial charge in [-0.25, -0.2) is 0 Å². The van der Waals surface area contributed by atoms with Crippen LogP contribution in [0.2, 0.25) is 0 Å². The minimum atomic E-state index is 0.662. The van der Waals surface area contributed by atoms with E-state index in [4.69, 9.17) is 0 Å². The number of hydrogen-bond acceptors (Lipinski definition) is 1. The third-order valence-electron chi connectivity index (χ3n) is 5.83. The molecule has 0 aromatic heterocycles. The van der Waals surface area contributed by atoms with Crippen LogP contribution in [0, 0.1) is 29.1 Å². The number of piperidine rings is 1. The first-order valence-corrected chi connectivity index (χ1v) is 7.31. The second-order valence-electron chi connectivity index (χ2n) is 6.54. The zero-order chi connectivity index (χ0) is 11.8. The first-order valence-electron chi connectivity index (χ1n) is 7.31. The van der Waals surface area contributed by atoms with Gasteiger partial charge in [0, 0.05) is 0 Å². The smallest absolute Gasteiger partial charge is 0.00435 e. The normalized spacial score (nSPS) is 43.5. The summed E-state index contributed by atoms with van der Waals surface area (Å²) in [7, 11) is 0. The van der Waals surface area contributed by atoms with E-state index in [1.807, 2.05) is 0 Å². The van der Waals surface area contributed by atoms with Crippen LogP contribution in [0.4, 0.5) is 0 Å². The highest BCUT2D eigenvalue weighted by Gasteiger charge is 2.48. The largest absolute Gasteiger partial charge is 0.317 e. The van der Waals surface area contributed by atoms with Crippen LogP contribution in [-0.2, 0) is 0 Å². The second kappa shape index (κ2) is 4.68. The van der Waals surface area contributed by atoms with Gasteiger partial charge in [0.15, 0.2) is 0 Å². The van der Waals surface area contributed by atoms with E-state index >= 15 is 0 Å². The van der Waals surface area contributed by atoms with Crippen molar-refractivity contribution in [2.24, 2.45) is 29.1 Å². The van der Waals surface area contributed by atoms with Crippen molar-refractivity contribution in [3.63, 3.8) is 0 Å². The van der Waals surface area contributed by atoms with Crippen molar-refractivity contribution in [3.8, 4) is 0 Å². The molecule has 0 aromatic rings. The van der Waals surface area contributed by atoms with Gasteiger partial charge in [-0.05, 0) is 61.4 Å². The Morgan fingerprint density at radius 3 is 2.12 bits per heavy atom. The van der Waals surface area contributed by atoms with E-state index in [9.17, 15) is 0 Å². The lowest BCUT2D eigenvalue weighted by Gasteiger charge is -2.46. The van der Waals surface area contributed by atoms with Crippen LogP contribution in [0.5, 0.6) is 0 Å². The highest BCUT2D eigenvalue weighted by atomic mass is 14.9. The van der Waals surface area contributed by atoms with E-state index in [1.54, 1.807) is 0 Å². The molecule has 0 bridgehead atoms. The zero-order valence-corrected chi connectivity index (χ0v) is 11.6. The van der Waals surface area contributed by atoms with Gasteiger partial charge in [-0.3, -0.25) is 0 Å². The summed E-state index contributed by atoms with van der Waals surface area (Å²) in [4.78, 5) is 0. The van der Waals surface area contributed by atoms with Gasteiger partial charge in [-0.2, -0.15) is 0 Å². The molecule has 1 heterocycles. The maximum absolute atomic E-state index is 3.54. The van der Waals surface area contributed by atoms with Gasteiger partial charge >= 0.3 is 0 Å². The molecule has 2 aliphatic rings. The summed E-state index contributed by atoms with van der Waals surface area (Å²) >= 11 is 0. The molecule has 0 radical (unpaired) electrons. The van der Waals surface area contributed by atoms with Crippen molar-refractivity contribution >= 4 is 0 Å². The summed E-state index contributed by atoms with van der Waals surface area (Å²) < 4.78 is 0. The molecule has 0 amide bonds. The van der Waals surface area contributed by atoms with Crippen LogP contribution in [0.15, 0.2) is 0 Å². The van der Waals surface area contributed by atoms with Crippen molar-refractivity contribution in [2.45, 2.75) is 53.4 Å². The molecule has 1 aliphatic carbocycles. The molecule has 16 heavy (non-hydrogen) atoms. The maximum atomic E-state index is 3.54.